The van der Waals surface area contributed by atoms with E-state index in [1.54, 1.807) is 0 Å². The van der Waals surface area contributed by atoms with Crippen LogP contribution >= 0.6 is 15.9 Å². The molecule has 0 fully saturated rings. The average molecular weight is 241 g/mol. The van der Waals surface area contributed by atoms with E-state index >= 15 is 0 Å². The van der Waals surface area contributed by atoms with E-state index in [-0.39, 0.29) is 0 Å². The summed E-state index contributed by atoms with van der Waals surface area (Å²) in [5.41, 5.74) is 1.43. The Balaban J connectivity index is 2.43. The summed E-state index contributed by atoms with van der Waals surface area (Å²) in [4.78, 5) is 0. The number of benzene rings is 1. The molecule has 0 N–H and O–H groups in total. The zero-order chi connectivity index (χ0) is 7.23. The summed E-state index contributed by atoms with van der Waals surface area (Å²) in [6, 6.07) is 10.6. The summed E-state index contributed by atoms with van der Waals surface area (Å²) in [6.45, 7) is 0. The molecule has 1 aromatic carbocycles. The molecule has 0 bridgehead atoms. The molecule has 0 radical (unpaired) electrons. The Kier molecular flexibility index (Phi) is 4.12. The molecule has 0 amide bonds. The van der Waals surface area contributed by atoms with Crippen molar-refractivity contribution in [3.05, 3.63) is 35.9 Å². The van der Waals surface area contributed by atoms with Gasteiger partial charge in [-0.25, -0.2) is 0 Å². The van der Waals surface area contributed by atoms with E-state index in [2.05, 4.69) is 46.3 Å². The Bertz CT molecular complexity index is 174. The molecule has 0 atom stereocenters. The fourth-order valence-corrected chi connectivity index (χ4v) is 1.96. The maximum absolute atomic E-state index is 3.41. The molecule has 2 heteroatoms. The number of rotatable bonds is 3. The number of hydrogen-bond donors (Lipinski definition) is 0. The Morgan fingerprint density at radius 1 is 1.20 bits per heavy atom. The second-order valence-electron chi connectivity index (χ2n) is 1.88. The van der Waals surface area contributed by atoms with Gasteiger partial charge in [-0.05, 0) is 0 Å². The van der Waals surface area contributed by atoms with E-state index in [4.69, 9.17) is 0 Å². The van der Waals surface area contributed by atoms with Crippen LogP contribution in [0.3, 0.4) is 0 Å². The van der Waals surface area contributed by atoms with Crippen molar-refractivity contribution in [2.45, 2.75) is 5.32 Å². The molecule has 56 valence electrons. The van der Waals surface area contributed by atoms with Crippen molar-refractivity contribution in [3.63, 3.8) is 0 Å². The first-order chi connectivity index (χ1) is 4.93. The SMILES string of the molecule is Br[CH2][Fe][CH2]c1ccccc1. The van der Waals surface area contributed by atoms with Crippen molar-refractivity contribution in [3.8, 4) is 0 Å². The summed E-state index contributed by atoms with van der Waals surface area (Å²) in [6.07, 6.45) is 0. The zero-order valence-corrected chi connectivity index (χ0v) is 8.22. The van der Waals surface area contributed by atoms with Crippen molar-refractivity contribution < 1.29 is 15.0 Å². The van der Waals surface area contributed by atoms with Crippen LogP contribution in [-0.2, 0) is 20.3 Å². The van der Waals surface area contributed by atoms with E-state index in [1.165, 1.54) is 25.8 Å². The molecule has 0 heterocycles. The predicted molar refractivity (Wildman–Crippen MR) is 43.9 cm³/mol. The van der Waals surface area contributed by atoms with Crippen LogP contribution in [0.1, 0.15) is 5.56 Å². The first-order valence-corrected chi connectivity index (χ1v) is 5.71. The molecule has 0 aliphatic heterocycles. The predicted octanol–water partition coefficient (Wildman–Crippen LogP) is 2.62. The molecule has 0 unspecified atom stereocenters. The van der Waals surface area contributed by atoms with Crippen LogP contribution in [0.25, 0.3) is 0 Å². The summed E-state index contributed by atoms with van der Waals surface area (Å²) in [5, 5.41) is 1.19. The summed E-state index contributed by atoms with van der Waals surface area (Å²) in [5.74, 6) is 0. The van der Waals surface area contributed by atoms with Crippen LogP contribution in [0, 0.1) is 0 Å². The first kappa shape index (κ1) is 8.32. The van der Waals surface area contributed by atoms with Crippen molar-refractivity contribution in [2.24, 2.45) is 0 Å². The Hall–Kier alpha value is 0.219. The molecule has 0 saturated heterocycles. The average Bonchev–Trinajstić information content (AvgIpc) is 2.03. The van der Waals surface area contributed by atoms with Crippen LogP contribution < -0.4 is 0 Å². The van der Waals surface area contributed by atoms with Crippen LogP contribution in [0.4, 0.5) is 0 Å². The maximum atomic E-state index is 3.41. The Morgan fingerprint density at radius 2 is 1.90 bits per heavy atom. The van der Waals surface area contributed by atoms with E-state index in [9.17, 15) is 0 Å². The van der Waals surface area contributed by atoms with Gasteiger partial charge in [-0.15, -0.1) is 0 Å². The van der Waals surface area contributed by atoms with Crippen molar-refractivity contribution in [1.82, 2.24) is 0 Å². The molecular formula is C8H9BrFe. The van der Waals surface area contributed by atoms with E-state index in [1.807, 2.05) is 0 Å². The van der Waals surface area contributed by atoms with Crippen LogP contribution in [0.15, 0.2) is 30.3 Å². The van der Waals surface area contributed by atoms with E-state index in [0.29, 0.717) is 0 Å². The molecule has 0 aliphatic carbocycles. The van der Waals surface area contributed by atoms with Gasteiger partial charge in [0.15, 0.2) is 0 Å². The number of alkyl halides is 1. The number of hydrogen-bond acceptors (Lipinski definition) is 0. The molecule has 0 aliphatic rings. The summed E-state index contributed by atoms with van der Waals surface area (Å²) < 4.78 is 1.10. The van der Waals surface area contributed by atoms with Crippen LogP contribution in [-0.4, -0.2) is 4.23 Å². The van der Waals surface area contributed by atoms with Crippen molar-refractivity contribution in [2.75, 3.05) is 4.23 Å². The second kappa shape index (κ2) is 4.95. The van der Waals surface area contributed by atoms with Gasteiger partial charge >= 0.3 is 76.3 Å². The van der Waals surface area contributed by atoms with Crippen LogP contribution in [0.5, 0.6) is 0 Å². The fourth-order valence-electron chi connectivity index (χ4n) is 0.697. The van der Waals surface area contributed by atoms with E-state index < -0.39 is 0 Å². The monoisotopic (exact) mass is 240 g/mol. The second-order valence-corrected chi connectivity index (χ2v) is 4.75. The van der Waals surface area contributed by atoms with Gasteiger partial charge in [0.2, 0.25) is 0 Å². The van der Waals surface area contributed by atoms with Gasteiger partial charge in [0.1, 0.15) is 0 Å². The third-order valence-corrected chi connectivity index (χ3v) is 3.23. The molecular weight excluding hydrogens is 232 g/mol. The standard InChI is InChI=1S/C7H7.CH2Br.Fe/c1-7-5-3-2-4-6-7;1-2;/h2-6H,1H2;1H2;. The van der Waals surface area contributed by atoms with Crippen molar-refractivity contribution in [1.29, 1.82) is 0 Å². The topological polar surface area (TPSA) is 0 Å². The Labute approximate surface area is 76.3 Å². The van der Waals surface area contributed by atoms with Gasteiger partial charge in [0.25, 0.3) is 0 Å². The molecule has 0 aromatic heterocycles. The Morgan fingerprint density at radius 3 is 2.50 bits per heavy atom. The van der Waals surface area contributed by atoms with Gasteiger partial charge in [-0.3, -0.25) is 0 Å². The van der Waals surface area contributed by atoms with Gasteiger partial charge in [-0.1, -0.05) is 0 Å². The van der Waals surface area contributed by atoms with Crippen molar-refractivity contribution >= 4 is 15.9 Å². The van der Waals surface area contributed by atoms with Crippen LogP contribution in [0.2, 0.25) is 0 Å². The zero-order valence-electron chi connectivity index (χ0n) is 5.53. The molecule has 0 saturated carbocycles. The minimum atomic E-state index is 1.10. The third kappa shape index (κ3) is 2.87. The molecule has 1 aromatic rings. The van der Waals surface area contributed by atoms with E-state index in [0.717, 1.165) is 4.23 Å². The van der Waals surface area contributed by atoms with Gasteiger partial charge < -0.3 is 0 Å². The normalized spacial score (nSPS) is 10.1. The number of halogens is 1. The third-order valence-electron chi connectivity index (χ3n) is 1.14. The molecule has 0 nitrogen and oxygen atoms in total. The summed E-state index contributed by atoms with van der Waals surface area (Å²) >= 11 is 4.63. The van der Waals surface area contributed by atoms with Gasteiger partial charge in [0.05, 0.1) is 0 Å². The van der Waals surface area contributed by atoms with Gasteiger partial charge in [-0.2, -0.15) is 0 Å². The minimum absolute atomic E-state index is 1.10. The van der Waals surface area contributed by atoms with Gasteiger partial charge in [0, 0.05) is 0 Å². The fraction of sp³-hybridized carbons (Fsp3) is 0.250. The quantitative estimate of drug-likeness (QED) is 0.563. The molecule has 1 rings (SSSR count). The molecule has 10 heavy (non-hydrogen) atoms. The summed E-state index contributed by atoms with van der Waals surface area (Å²) in [7, 11) is 0. The first-order valence-electron chi connectivity index (χ1n) is 3.03. The molecule has 0 spiro atoms.